The molecule has 2 atom stereocenters. The average Bonchev–Trinajstić information content (AvgIpc) is 3.47. The fraction of sp³-hybridized carbons (Fsp3) is 0.550. The molecule has 1 aromatic rings. The highest BCUT2D eigenvalue weighted by atomic mass is 16.5. The highest BCUT2D eigenvalue weighted by Crippen LogP contribution is 2.48. The zero-order valence-electron chi connectivity index (χ0n) is 15.2. The van der Waals surface area contributed by atoms with Gasteiger partial charge >= 0.3 is 5.97 Å². The number of piperazine rings is 1. The van der Waals surface area contributed by atoms with Crippen LogP contribution in [0.15, 0.2) is 30.3 Å². The molecule has 1 saturated heterocycles. The number of benzene rings is 1. The third-order valence-corrected chi connectivity index (χ3v) is 5.13. The van der Waals surface area contributed by atoms with Crippen molar-refractivity contribution in [3.63, 3.8) is 0 Å². The molecular formula is C20H26N2O4. The summed E-state index contributed by atoms with van der Waals surface area (Å²) in [7, 11) is 0. The van der Waals surface area contributed by atoms with E-state index in [1.165, 1.54) is 5.56 Å². The Balaban J connectivity index is 1.42. The van der Waals surface area contributed by atoms with Crippen molar-refractivity contribution in [2.45, 2.75) is 32.1 Å². The van der Waals surface area contributed by atoms with Crippen LogP contribution < -0.4 is 0 Å². The van der Waals surface area contributed by atoms with Crippen LogP contribution in [0.2, 0.25) is 0 Å². The average molecular weight is 358 g/mol. The lowest BCUT2D eigenvalue weighted by Gasteiger charge is -2.35. The Morgan fingerprint density at radius 2 is 1.65 bits per heavy atom. The minimum Gasteiger partial charge on any atom is -0.466 e. The highest BCUT2D eigenvalue weighted by Gasteiger charge is 2.46. The number of hydrogen-bond acceptors (Lipinski definition) is 4. The van der Waals surface area contributed by atoms with Crippen LogP contribution in [0.25, 0.3) is 0 Å². The molecule has 2 aliphatic rings. The molecule has 0 unspecified atom stereocenters. The van der Waals surface area contributed by atoms with E-state index in [1.807, 2.05) is 23.1 Å². The maximum absolute atomic E-state index is 12.7. The second-order valence-corrected chi connectivity index (χ2v) is 6.87. The van der Waals surface area contributed by atoms with Gasteiger partial charge in [-0.3, -0.25) is 14.4 Å². The summed E-state index contributed by atoms with van der Waals surface area (Å²) in [6, 6.07) is 10.2. The molecule has 0 bridgehead atoms. The first-order chi connectivity index (χ1) is 12.6. The molecule has 2 amide bonds. The molecule has 2 fully saturated rings. The lowest BCUT2D eigenvalue weighted by molar-refractivity contribution is -0.146. The van der Waals surface area contributed by atoms with Crippen LogP contribution in [0.1, 0.15) is 37.7 Å². The quantitative estimate of drug-likeness (QED) is 0.728. The minimum atomic E-state index is -0.338. The molecule has 1 aromatic carbocycles. The summed E-state index contributed by atoms with van der Waals surface area (Å²) < 4.78 is 4.85. The Labute approximate surface area is 154 Å². The van der Waals surface area contributed by atoms with Gasteiger partial charge in [-0.1, -0.05) is 30.3 Å². The molecule has 0 radical (unpaired) electrons. The van der Waals surface area contributed by atoms with Gasteiger partial charge in [0.2, 0.25) is 11.8 Å². The van der Waals surface area contributed by atoms with E-state index in [0.717, 1.165) is 6.42 Å². The number of nitrogens with zero attached hydrogens (tertiary/aromatic N) is 2. The largest absolute Gasteiger partial charge is 0.466 e. The fourth-order valence-electron chi connectivity index (χ4n) is 3.55. The molecule has 26 heavy (non-hydrogen) atoms. The van der Waals surface area contributed by atoms with Gasteiger partial charge in [-0.2, -0.15) is 0 Å². The molecule has 0 spiro atoms. The van der Waals surface area contributed by atoms with Crippen molar-refractivity contribution in [2.75, 3.05) is 32.8 Å². The summed E-state index contributed by atoms with van der Waals surface area (Å²) in [6.45, 7) is 4.30. The van der Waals surface area contributed by atoms with Gasteiger partial charge in [-0.05, 0) is 24.8 Å². The topological polar surface area (TPSA) is 66.9 Å². The smallest absolute Gasteiger partial charge is 0.306 e. The third-order valence-electron chi connectivity index (χ3n) is 5.13. The first-order valence-electron chi connectivity index (χ1n) is 9.37. The monoisotopic (exact) mass is 358 g/mol. The zero-order chi connectivity index (χ0) is 18.5. The van der Waals surface area contributed by atoms with Crippen molar-refractivity contribution in [2.24, 2.45) is 5.92 Å². The molecule has 0 aromatic heterocycles. The summed E-state index contributed by atoms with van der Waals surface area (Å²) >= 11 is 0. The number of carbonyl (C=O) groups excluding carboxylic acids is 3. The number of carbonyl (C=O) groups is 3. The summed E-state index contributed by atoms with van der Waals surface area (Å²) in [5.74, 6) is 0.253. The maximum Gasteiger partial charge on any atom is 0.306 e. The van der Waals surface area contributed by atoms with Crippen LogP contribution in [0.3, 0.4) is 0 Å². The van der Waals surface area contributed by atoms with Crippen LogP contribution >= 0.6 is 0 Å². The molecule has 6 nitrogen and oxygen atoms in total. The molecular weight excluding hydrogens is 332 g/mol. The Kier molecular flexibility index (Phi) is 5.91. The lowest BCUT2D eigenvalue weighted by Crippen LogP contribution is -2.51. The standard InChI is InChI=1S/C20H26N2O4/c1-2-26-19(24)9-8-18(23)21-10-12-22(13-11-21)20(25)17-14-16(17)15-6-4-3-5-7-15/h3-7,16-17H,2,8-14H2,1H3/t16-,17+/m1/s1. The summed E-state index contributed by atoms with van der Waals surface area (Å²) in [5, 5.41) is 0. The lowest BCUT2D eigenvalue weighted by atomic mass is 10.1. The van der Waals surface area contributed by atoms with Crippen LogP contribution in [0.5, 0.6) is 0 Å². The van der Waals surface area contributed by atoms with Crippen molar-refractivity contribution < 1.29 is 19.1 Å². The summed E-state index contributed by atoms with van der Waals surface area (Å²) in [4.78, 5) is 39.8. The van der Waals surface area contributed by atoms with Crippen molar-refractivity contribution in [3.05, 3.63) is 35.9 Å². The van der Waals surface area contributed by atoms with E-state index < -0.39 is 0 Å². The number of esters is 1. The van der Waals surface area contributed by atoms with E-state index >= 15 is 0 Å². The van der Waals surface area contributed by atoms with Crippen LogP contribution in [0, 0.1) is 5.92 Å². The third kappa shape index (κ3) is 4.42. The second-order valence-electron chi connectivity index (χ2n) is 6.87. The SMILES string of the molecule is CCOC(=O)CCC(=O)N1CCN(C(=O)[C@H]2C[C@@H]2c2ccccc2)CC1. The number of rotatable bonds is 6. The van der Waals surface area contributed by atoms with Crippen LogP contribution in [-0.4, -0.2) is 60.4 Å². The first kappa shape index (κ1) is 18.4. The van der Waals surface area contributed by atoms with Gasteiger partial charge in [0.1, 0.15) is 0 Å². The van der Waals surface area contributed by atoms with Gasteiger partial charge in [0.25, 0.3) is 0 Å². The van der Waals surface area contributed by atoms with Crippen molar-refractivity contribution in [1.82, 2.24) is 9.80 Å². The molecule has 1 heterocycles. The van der Waals surface area contributed by atoms with Crippen molar-refractivity contribution >= 4 is 17.8 Å². The Bertz CT molecular complexity index is 653. The second kappa shape index (κ2) is 8.34. The van der Waals surface area contributed by atoms with Crippen LogP contribution in [0.4, 0.5) is 0 Å². The highest BCUT2D eigenvalue weighted by molar-refractivity contribution is 5.84. The van der Waals surface area contributed by atoms with Crippen molar-refractivity contribution in [3.8, 4) is 0 Å². The normalized spacial score (nSPS) is 22.0. The van der Waals surface area contributed by atoms with Crippen molar-refractivity contribution in [1.29, 1.82) is 0 Å². The molecule has 1 aliphatic heterocycles. The molecule has 3 rings (SSSR count). The number of ether oxygens (including phenoxy) is 1. The van der Waals surface area contributed by atoms with Gasteiger partial charge in [0.15, 0.2) is 0 Å². The number of hydrogen-bond donors (Lipinski definition) is 0. The molecule has 1 aliphatic carbocycles. The molecule has 0 N–H and O–H groups in total. The van der Waals surface area contributed by atoms with E-state index in [-0.39, 0.29) is 36.5 Å². The van der Waals surface area contributed by atoms with Gasteiger partial charge in [0.05, 0.1) is 13.0 Å². The molecule has 1 saturated carbocycles. The Morgan fingerprint density at radius 3 is 2.31 bits per heavy atom. The molecule has 6 heteroatoms. The molecule has 140 valence electrons. The van der Waals surface area contributed by atoms with E-state index in [2.05, 4.69) is 12.1 Å². The van der Waals surface area contributed by atoms with Gasteiger partial charge < -0.3 is 14.5 Å². The number of amides is 2. The van der Waals surface area contributed by atoms with Crippen LogP contribution in [-0.2, 0) is 19.1 Å². The predicted octanol–water partition coefficient (Wildman–Crippen LogP) is 1.80. The predicted molar refractivity (Wildman–Crippen MR) is 96.3 cm³/mol. The Hall–Kier alpha value is -2.37. The zero-order valence-corrected chi connectivity index (χ0v) is 15.2. The van der Waals surface area contributed by atoms with Gasteiger partial charge in [-0.25, -0.2) is 0 Å². The van der Waals surface area contributed by atoms with E-state index in [0.29, 0.717) is 38.7 Å². The van der Waals surface area contributed by atoms with Gasteiger partial charge in [0, 0.05) is 38.5 Å². The minimum absolute atomic E-state index is 0.0428. The maximum atomic E-state index is 12.7. The first-order valence-corrected chi connectivity index (χ1v) is 9.37. The van der Waals surface area contributed by atoms with Gasteiger partial charge in [-0.15, -0.1) is 0 Å². The van der Waals surface area contributed by atoms with E-state index in [4.69, 9.17) is 4.74 Å². The van der Waals surface area contributed by atoms with E-state index in [1.54, 1.807) is 11.8 Å². The summed E-state index contributed by atoms with van der Waals surface area (Å²) in [6.07, 6.45) is 1.21. The Morgan fingerprint density at radius 1 is 1.00 bits per heavy atom. The fourth-order valence-corrected chi connectivity index (χ4v) is 3.55. The van der Waals surface area contributed by atoms with E-state index in [9.17, 15) is 14.4 Å². The summed E-state index contributed by atoms with van der Waals surface area (Å²) in [5.41, 5.74) is 1.23.